The lowest BCUT2D eigenvalue weighted by Crippen LogP contribution is -2.49. The molecule has 1 amide bonds. The van der Waals surface area contributed by atoms with Gasteiger partial charge in [0.05, 0.1) is 5.75 Å². The van der Waals surface area contributed by atoms with Gasteiger partial charge in [-0.05, 0) is 37.1 Å². The number of para-hydroxylation sites is 2. The number of amides is 1. The molecule has 1 aliphatic heterocycles. The SMILES string of the molecule is CC(C)Cn1c(SCC(=O)N2CCN(c3ccccc3)CC2)nnc1C(C)Oc1ccccc1F. The molecule has 1 saturated heterocycles. The average Bonchev–Trinajstić information content (AvgIpc) is 3.26. The Kier molecular flexibility index (Phi) is 8.28. The number of nitrogens with zero attached hydrogens (tertiary/aromatic N) is 5. The molecule has 3 aromatic rings. The van der Waals surface area contributed by atoms with Crippen molar-refractivity contribution in [2.45, 2.75) is 38.6 Å². The van der Waals surface area contributed by atoms with E-state index in [9.17, 15) is 9.18 Å². The van der Waals surface area contributed by atoms with Crippen molar-refractivity contribution >= 4 is 23.4 Å². The van der Waals surface area contributed by atoms with Gasteiger partial charge < -0.3 is 19.1 Å². The Morgan fingerprint density at radius 2 is 1.69 bits per heavy atom. The van der Waals surface area contributed by atoms with Gasteiger partial charge in [-0.3, -0.25) is 4.79 Å². The summed E-state index contributed by atoms with van der Waals surface area (Å²) in [4.78, 5) is 17.2. The quantitative estimate of drug-likeness (QED) is 0.401. The van der Waals surface area contributed by atoms with Crippen LogP contribution in [0.3, 0.4) is 0 Å². The smallest absolute Gasteiger partial charge is 0.233 e. The number of halogens is 1. The molecular weight excluding hydrogens is 465 g/mol. The Morgan fingerprint density at radius 1 is 1.00 bits per heavy atom. The molecule has 2 aromatic carbocycles. The number of piperazine rings is 1. The zero-order chi connectivity index (χ0) is 24.8. The minimum atomic E-state index is -0.491. The summed E-state index contributed by atoms with van der Waals surface area (Å²) >= 11 is 1.39. The molecule has 1 fully saturated rings. The number of anilines is 1. The molecule has 1 aliphatic rings. The predicted molar refractivity (Wildman–Crippen MR) is 136 cm³/mol. The van der Waals surface area contributed by atoms with E-state index < -0.39 is 11.9 Å². The third-order valence-electron chi connectivity index (χ3n) is 5.88. The topological polar surface area (TPSA) is 63.5 Å². The summed E-state index contributed by atoms with van der Waals surface area (Å²) in [7, 11) is 0. The monoisotopic (exact) mass is 497 g/mol. The van der Waals surface area contributed by atoms with E-state index in [1.54, 1.807) is 18.2 Å². The van der Waals surface area contributed by atoms with Crippen molar-refractivity contribution in [3.05, 3.63) is 66.2 Å². The molecule has 2 heterocycles. The van der Waals surface area contributed by atoms with Gasteiger partial charge in [-0.2, -0.15) is 0 Å². The van der Waals surface area contributed by atoms with Gasteiger partial charge in [0.15, 0.2) is 28.7 Å². The van der Waals surface area contributed by atoms with E-state index in [4.69, 9.17) is 4.74 Å². The lowest BCUT2D eigenvalue weighted by Gasteiger charge is -2.36. The minimum Gasteiger partial charge on any atom is -0.480 e. The molecule has 0 aliphatic carbocycles. The van der Waals surface area contributed by atoms with Crippen molar-refractivity contribution in [3.8, 4) is 5.75 Å². The van der Waals surface area contributed by atoms with Crippen molar-refractivity contribution in [3.63, 3.8) is 0 Å². The van der Waals surface area contributed by atoms with Gasteiger partial charge in [-0.25, -0.2) is 4.39 Å². The minimum absolute atomic E-state index is 0.0963. The van der Waals surface area contributed by atoms with Crippen LogP contribution in [0.5, 0.6) is 5.75 Å². The zero-order valence-corrected chi connectivity index (χ0v) is 21.2. The Balaban J connectivity index is 1.37. The highest BCUT2D eigenvalue weighted by Crippen LogP contribution is 2.27. The summed E-state index contributed by atoms with van der Waals surface area (Å²) in [5.41, 5.74) is 1.19. The maximum absolute atomic E-state index is 14.1. The molecule has 0 N–H and O–H groups in total. The fourth-order valence-corrected chi connectivity index (χ4v) is 4.96. The van der Waals surface area contributed by atoms with E-state index >= 15 is 0 Å². The second-order valence-electron chi connectivity index (χ2n) is 9.03. The summed E-state index contributed by atoms with van der Waals surface area (Å²) in [5, 5.41) is 9.36. The third-order valence-corrected chi connectivity index (χ3v) is 6.83. The molecule has 4 rings (SSSR count). The van der Waals surface area contributed by atoms with Crippen LogP contribution in [0.2, 0.25) is 0 Å². The van der Waals surface area contributed by atoms with Crippen molar-refractivity contribution in [2.24, 2.45) is 5.92 Å². The number of carbonyl (C=O) groups excluding carboxylic acids is 1. The van der Waals surface area contributed by atoms with Crippen LogP contribution in [0.25, 0.3) is 0 Å². The van der Waals surface area contributed by atoms with Crippen LogP contribution >= 0.6 is 11.8 Å². The molecule has 35 heavy (non-hydrogen) atoms. The number of thioether (sulfide) groups is 1. The van der Waals surface area contributed by atoms with Gasteiger partial charge in [0.2, 0.25) is 5.91 Å². The molecule has 186 valence electrons. The number of rotatable bonds is 9. The number of hydrogen-bond donors (Lipinski definition) is 0. The van der Waals surface area contributed by atoms with Crippen molar-refractivity contribution in [1.29, 1.82) is 0 Å². The van der Waals surface area contributed by atoms with Gasteiger partial charge in [-0.1, -0.05) is 55.9 Å². The van der Waals surface area contributed by atoms with E-state index in [2.05, 4.69) is 41.1 Å². The van der Waals surface area contributed by atoms with Gasteiger partial charge >= 0.3 is 0 Å². The molecule has 0 spiro atoms. The van der Waals surface area contributed by atoms with Crippen molar-refractivity contribution in [2.75, 3.05) is 36.8 Å². The average molecular weight is 498 g/mol. The fraction of sp³-hybridized carbons (Fsp3) is 0.423. The van der Waals surface area contributed by atoms with Crippen molar-refractivity contribution in [1.82, 2.24) is 19.7 Å². The first-order chi connectivity index (χ1) is 16.9. The Bertz CT molecular complexity index is 1120. The Hall–Kier alpha value is -3.07. The number of carbonyl (C=O) groups is 1. The van der Waals surface area contributed by atoms with Gasteiger partial charge in [0, 0.05) is 38.4 Å². The van der Waals surface area contributed by atoms with Crippen LogP contribution < -0.4 is 9.64 Å². The van der Waals surface area contributed by atoms with Crippen molar-refractivity contribution < 1.29 is 13.9 Å². The summed E-state index contributed by atoms with van der Waals surface area (Å²) in [6.07, 6.45) is -0.491. The highest BCUT2D eigenvalue weighted by molar-refractivity contribution is 7.99. The van der Waals surface area contributed by atoms with E-state index in [0.29, 0.717) is 42.3 Å². The molecule has 0 bridgehead atoms. The Labute approximate surface area is 210 Å². The fourth-order valence-electron chi connectivity index (χ4n) is 4.10. The summed E-state index contributed by atoms with van der Waals surface area (Å²) in [5.74, 6) is 1.11. The second-order valence-corrected chi connectivity index (χ2v) is 9.97. The van der Waals surface area contributed by atoms with Crippen LogP contribution in [0.4, 0.5) is 10.1 Å². The van der Waals surface area contributed by atoms with E-state index in [-0.39, 0.29) is 11.7 Å². The first-order valence-electron chi connectivity index (χ1n) is 12.0. The van der Waals surface area contributed by atoms with E-state index in [0.717, 1.165) is 13.1 Å². The number of aromatic nitrogens is 3. The first kappa shape index (κ1) is 25.0. The summed E-state index contributed by atoms with van der Waals surface area (Å²) < 4.78 is 21.9. The molecule has 9 heteroatoms. The second kappa shape index (κ2) is 11.6. The lowest BCUT2D eigenvalue weighted by molar-refractivity contribution is -0.128. The van der Waals surface area contributed by atoms with Crippen LogP contribution in [0.15, 0.2) is 59.8 Å². The molecule has 1 aromatic heterocycles. The number of benzene rings is 2. The van der Waals surface area contributed by atoms with Crippen LogP contribution in [0.1, 0.15) is 32.7 Å². The predicted octanol–water partition coefficient (Wildman–Crippen LogP) is 4.65. The number of hydrogen-bond acceptors (Lipinski definition) is 6. The highest BCUT2D eigenvalue weighted by Gasteiger charge is 2.24. The molecule has 0 saturated carbocycles. The van der Waals surface area contributed by atoms with E-state index in [1.165, 1.54) is 23.5 Å². The van der Waals surface area contributed by atoms with Crippen LogP contribution in [-0.2, 0) is 11.3 Å². The molecule has 1 unspecified atom stereocenters. The van der Waals surface area contributed by atoms with Gasteiger partial charge in [-0.15, -0.1) is 10.2 Å². The van der Waals surface area contributed by atoms with Crippen LogP contribution in [-0.4, -0.2) is 57.5 Å². The lowest BCUT2D eigenvalue weighted by atomic mass is 10.2. The summed E-state index contributed by atoms with van der Waals surface area (Å²) in [6, 6.07) is 16.6. The third kappa shape index (κ3) is 6.33. The Morgan fingerprint density at radius 3 is 2.37 bits per heavy atom. The molecular formula is C26H32FN5O2S. The normalized spacial score (nSPS) is 14.9. The molecule has 1 atom stereocenters. The zero-order valence-electron chi connectivity index (χ0n) is 20.4. The maximum atomic E-state index is 14.1. The maximum Gasteiger partial charge on any atom is 0.233 e. The van der Waals surface area contributed by atoms with Gasteiger partial charge in [0.1, 0.15) is 0 Å². The molecule has 0 radical (unpaired) electrons. The van der Waals surface area contributed by atoms with Gasteiger partial charge in [0.25, 0.3) is 0 Å². The summed E-state index contributed by atoms with van der Waals surface area (Å²) in [6.45, 7) is 9.77. The molecule has 7 nitrogen and oxygen atoms in total. The highest BCUT2D eigenvalue weighted by atomic mass is 32.2. The number of ether oxygens (including phenoxy) is 1. The van der Waals surface area contributed by atoms with Crippen LogP contribution in [0, 0.1) is 11.7 Å². The van der Waals surface area contributed by atoms with E-state index in [1.807, 2.05) is 34.6 Å². The standard InChI is InChI=1S/C26H32FN5O2S/c1-19(2)17-32-25(20(3)34-23-12-8-7-11-22(23)27)28-29-26(32)35-18-24(33)31-15-13-30(14-16-31)21-9-5-4-6-10-21/h4-12,19-20H,13-18H2,1-3H3. The largest absolute Gasteiger partial charge is 0.480 e. The first-order valence-corrected chi connectivity index (χ1v) is 13.0.